The van der Waals surface area contributed by atoms with Crippen molar-refractivity contribution in [2.75, 3.05) is 11.8 Å². The van der Waals surface area contributed by atoms with Crippen LogP contribution in [0, 0.1) is 0 Å². The molecule has 2 aromatic carbocycles. The van der Waals surface area contributed by atoms with Crippen molar-refractivity contribution in [2.45, 2.75) is 24.3 Å². The van der Waals surface area contributed by atoms with Gasteiger partial charge in [0, 0.05) is 11.3 Å². The SMILES string of the molecule is CC[C@@H](NC(=O)c1ccc(S(=O)(=O)Nc2ccc(OC)cc2)cc1)C(N)=O. The highest BCUT2D eigenvalue weighted by atomic mass is 32.2. The molecule has 0 aliphatic carbocycles. The zero-order chi connectivity index (χ0) is 20.0. The van der Waals surface area contributed by atoms with Crippen molar-refractivity contribution >= 4 is 27.5 Å². The first-order chi connectivity index (χ1) is 12.8. The predicted molar refractivity (Wildman–Crippen MR) is 101 cm³/mol. The second kappa shape index (κ2) is 8.54. The molecule has 0 saturated carbocycles. The average molecular weight is 391 g/mol. The van der Waals surface area contributed by atoms with Gasteiger partial charge in [-0.15, -0.1) is 0 Å². The van der Waals surface area contributed by atoms with Gasteiger partial charge in [-0.05, 0) is 55.0 Å². The summed E-state index contributed by atoms with van der Waals surface area (Å²) >= 11 is 0. The van der Waals surface area contributed by atoms with E-state index in [0.717, 1.165) is 0 Å². The van der Waals surface area contributed by atoms with Gasteiger partial charge in [-0.3, -0.25) is 14.3 Å². The maximum absolute atomic E-state index is 12.4. The Morgan fingerprint density at radius 2 is 1.67 bits per heavy atom. The van der Waals surface area contributed by atoms with Gasteiger partial charge >= 0.3 is 0 Å². The van der Waals surface area contributed by atoms with Crippen molar-refractivity contribution in [3.8, 4) is 5.75 Å². The molecule has 0 aromatic heterocycles. The normalized spacial score (nSPS) is 12.1. The van der Waals surface area contributed by atoms with Crippen LogP contribution >= 0.6 is 0 Å². The zero-order valence-electron chi connectivity index (χ0n) is 14.9. The molecule has 2 aromatic rings. The Bertz CT molecular complexity index is 909. The van der Waals surface area contributed by atoms with Crippen LogP contribution in [0.25, 0.3) is 0 Å². The summed E-state index contributed by atoms with van der Waals surface area (Å²) in [5.74, 6) is -0.531. The van der Waals surface area contributed by atoms with E-state index in [0.29, 0.717) is 17.9 Å². The number of primary amides is 1. The maximum Gasteiger partial charge on any atom is 0.261 e. The number of benzene rings is 2. The third-order valence-corrected chi connectivity index (χ3v) is 5.22. The summed E-state index contributed by atoms with van der Waals surface area (Å²) in [5.41, 5.74) is 5.80. The van der Waals surface area contributed by atoms with Crippen molar-refractivity contribution in [3.63, 3.8) is 0 Å². The van der Waals surface area contributed by atoms with Gasteiger partial charge in [0.15, 0.2) is 0 Å². The topological polar surface area (TPSA) is 128 Å². The van der Waals surface area contributed by atoms with Gasteiger partial charge in [0.25, 0.3) is 15.9 Å². The number of hydrogen-bond donors (Lipinski definition) is 3. The summed E-state index contributed by atoms with van der Waals surface area (Å²) in [6, 6.07) is 11.0. The van der Waals surface area contributed by atoms with E-state index in [1.807, 2.05) is 0 Å². The first kappa shape index (κ1) is 20.2. The number of anilines is 1. The first-order valence-electron chi connectivity index (χ1n) is 8.14. The summed E-state index contributed by atoms with van der Waals surface area (Å²) in [4.78, 5) is 23.3. The Morgan fingerprint density at radius 3 is 2.15 bits per heavy atom. The van der Waals surface area contributed by atoms with Crippen molar-refractivity contribution in [3.05, 3.63) is 54.1 Å². The monoisotopic (exact) mass is 391 g/mol. The number of nitrogens with two attached hydrogens (primary N) is 1. The van der Waals surface area contributed by atoms with Crippen LogP contribution in [0.3, 0.4) is 0 Å². The van der Waals surface area contributed by atoms with Gasteiger partial charge in [0.2, 0.25) is 5.91 Å². The molecule has 0 bridgehead atoms. The van der Waals surface area contributed by atoms with E-state index in [1.165, 1.54) is 31.4 Å². The fraction of sp³-hybridized carbons (Fsp3) is 0.222. The van der Waals surface area contributed by atoms with Crippen LogP contribution in [-0.2, 0) is 14.8 Å². The van der Waals surface area contributed by atoms with Gasteiger partial charge in [-0.1, -0.05) is 6.92 Å². The zero-order valence-corrected chi connectivity index (χ0v) is 15.7. The maximum atomic E-state index is 12.4. The van der Waals surface area contributed by atoms with E-state index in [9.17, 15) is 18.0 Å². The minimum atomic E-state index is -3.81. The van der Waals surface area contributed by atoms with Crippen molar-refractivity contribution < 1.29 is 22.7 Å². The molecule has 2 amide bonds. The summed E-state index contributed by atoms with van der Waals surface area (Å²) in [6.45, 7) is 1.72. The largest absolute Gasteiger partial charge is 0.497 e. The van der Waals surface area contributed by atoms with E-state index >= 15 is 0 Å². The van der Waals surface area contributed by atoms with E-state index < -0.39 is 27.9 Å². The Balaban J connectivity index is 2.12. The fourth-order valence-corrected chi connectivity index (χ4v) is 3.33. The Morgan fingerprint density at radius 1 is 1.07 bits per heavy atom. The smallest absolute Gasteiger partial charge is 0.261 e. The number of ether oxygens (including phenoxy) is 1. The molecule has 0 unspecified atom stereocenters. The predicted octanol–water partition coefficient (Wildman–Crippen LogP) is 1.49. The molecular formula is C18H21N3O5S. The lowest BCUT2D eigenvalue weighted by Gasteiger charge is -2.13. The van der Waals surface area contributed by atoms with Crippen LogP contribution in [-0.4, -0.2) is 33.4 Å². The number of amides is 2. The minimum absolute atomic E-state index is 0.00295. The number of hydrogen-bond acceptors (Lipinski definition) is 5. The number of methoxy groups -OCH3 is 1. The summed E-state index contributed by atoms with van der Waals surface area (Å²) < 4.78 is 32.4. The van der Waals surface area contributed by atoms with Crippen LogP contribution in [0.4, 0.5) is 5.69 Å². The van der Waals surface area contributed by atoms with Crippen LogP contribution in [0.5, 0.6) is 5.75 Å². The molecule has 27 heavy (non-hydrogen) atoms. The molecule has 0 aliphatic rings. The fourth-order valence-electron chi connectivity index (χ4n) is 2.27. The number of carbonyl (C=O) groups is 2. The van der Waals surface area contributed by atoms with Crippen LogP contribution in [0.1, 0.15) is 23.7 Å². The highest BCUT2D eigenvalue weighted by Crippen LogP contribution is 2.19. The molecule has 0 fully saturated rings. The van der Waals surface area contributed by atoms with Crippen molar-refractivity contribution in [1.29, 1.82) is 0 Å². The first-order valence-corrected chi connectivity index (χ1v) is 9.62. The lowest BCUT2D eigenvalue weighted by molar-refractivity contribution is -0.119. The van der Waals surface area contributed by atoms with Gasteiger partial charge in [-0.25, -0.2) is 8.42 Å². The molecule has 0 heterocycles. The van der Waals surface area contributed by atoms with E-state index in [4.69, 9.17) is 10.5 Å². The van der Waals surface area contributed by atoms with Crippen molar-refractivity contribution in [2.24, 2.45) is 5.73 Å². The summed E-state index contributed by atoms with van der Waals surface area (Å²) in [6.07, 6.45) is 0.360. The minimum Gasteiger partial charge on any atom is -0.497 e. The van der Waals surface area contributed by atoms with Crippen LogP contribution < -0.4 is 20.5 Å². The molecule has 0 aliphatic heterocycles. The van der Waals surface area contributed by atoms with Crippen LogP contribution in [0.2, 0.25) is 0 Å². The average Bonchev–Trinajstić information content (AvgIpc) is 2.66. The lowest BCUT2D eigenvalue weighted by Crippen LogP contribution is -2.43. The molecule has 8 nitrogen and oxygen atoms in total. The number of nitrogens with one attached hydrogen (secondary N) is 2. The van der Waals surface area contributed by atoms with E-state index in [-0.39, 0.29) is 10.5 Å². The summed E-state index contributed by atoms with van der Waals surface area (Å²) in [7, 11) is -2.30. The van der Waals surface area contributed by atoms with Crippen LogP contribution in [0.15, 0.2) is 53.4 Å². The Kier molecular flexibility index (Phi) is 6.40. The van der Waals surface area contributed by atoms with E-state index in [1.54, 1.807) is 31.2 Å². The molecule has 0 radical (unpaired) electrons. The number of carbonyl (C=O) groups excluding carboxylic acids is 2. The second-order valence-electron chi connectivity index (χ2n) is 5.70. The van der Waals surface area contributed by atoms with Gasteiger partial charge in [0.1, 0.15) is 11.8 Å². The Labute approximate surface area is 157 Å². The lowest BCUT2D eigenvalue weighted by atomic mass is 10.1. The van der Waals surface area contributed by atoms with Gasteiger partial charge in [-0.2, -0.15) is 0 Å². The van der Waals surface area contributed by atoms with Gasteiger partial charge < -0.3 is 15.8 Å². The standard InChI is InChI=1S/C18H21N3O5S/c1-3-16(17(19)22)20-18(23)12-4-10-15(11-5-12)27(24,25)21-13-6-8-14(26-2)9-7-13/h4-11,16,21H,3H2,1-2H3,(H2,19,22)(H,20,23)/t16-/m1/s1. The number of rotatable bonds is 8. The Hall–Kier alpha value is -3.07. The molecule has 9 heteroatoms. The molecule has 1 atom stereocenters. The van der Waals surface area contributed by atoms with E-state index in [2.05, 4.69) is 10.0 Å². The molecular weight excluding hydrogens is 370 g/mol. The number of sulfonamides is 1. The van der Waals surface area contributed by atoms with Gasteiger partial charge in [0.05, 0.1) is 12.0 Å². The quantitative estimate of drug-likeness (QED) is 0.628. The van der Waals surface area contributed by atoms with Crippen molar-refractivity contribution in [1.82, 2.24) is 5.32 Å². The third kappa shape index (κ3) is 5.20. The molecule has 144 valence electrons. The molecule has 2 rings (SSSR count). The summed E-state index contributed by atoms with van der Waals surface area (Å²) in [5, 5.41) is 2.50. The second-order valence-corrected chi connectivity index (χ2v) is 7.38. The highest BCUT2D eigenvalue weighted by molar-refractivity contribution is 7.92. The molecule has 4 N–H and O–H groups in total. The molecule has 0 saturated heterocycles. The third-order valence-electron chi connectivity index (χ3n) is 3.83. The highest BCUT2D eigenvalue weighted by Gasteiger charge is 2.18. The molecule has 0 spiro atoms.